The Balaban J connectivity index is 1.18. The molecule has 6 nitrogen and oxygen atoms in total. The topological polar surface area (TPSA) is 69.3 Å². The number of anilines is 2. The second kappa shape index (κ2) is 11.3. The molecule has 3 aromatic carbocycles. The molecule has 1 aliphatic carbocycles. The van der Waals surface area contributed by atoms with Gasteiger partial charge >= 0.3 is 6.03 Å². The van der Waals surface area contributed by atoms with Crippen molar-refractivity contribution in [2.24, 2.45) is 0 Å². The quantitative estimate of drug-likeness (QED) is 0.290. The molecule has 0 aliphatic heterocycles. The van der Waals surface area contributed by atoms with Crippen LogP contribution >= 0.6 is 0 Å². The second-order valence-corrected chi connectivity index (χ2v) is 10.0. The van der Waals surface area contributed by atoms with Crippen LogP contribution in [0.2, 0.25) is 0 Å². The summed E-state index contributed by atoms with van der Waals surface area (Å²) >= 11 is 0. The zero-order chi connectivity index (χ0) is 25.6. The Morgan fingerprint density at radius 3 is 2.00 bits per heavy atom. The number of rotatable bonds is 7. The van der Waals surface area contributed by atoms with Crippen molar-refractivity contribution in [1.82, 2.24) is 15.6 Å². The van der Waals surface area contributed by atoms with Gasteiger partial charge < -0.3 is 20.9 Å². The van der Waals surface area contributed by atoms with E-state index in [2.05, 4.69) is 83.5 Å². The highest BCUT2D eigenvalue weighted by molar-refractivity contribution is 5.93. The molecule has 0 bridgehead atoms. The number of fused-ring (bicyclic) bond motifs is 1. The molecule has 1 aliphatic rings. The summed E-state index contributed by atoms with van der Waals surface area (Å²) in [4.78, 5) is 20.0. The van der Waals surface area contributed by atoms with Gasteiger partial charge in [0.25, 0.3) is 0 Å². The molecule has 190 valence electrons. The van der Waals surface area contributed by atoms with Gasteiger partial charge in [0.05, 0.1) is 11.6 Å². The molecular formula is C31H35N5O. The maximum Gasteiger partial charge on any atom is 0.315 e. The number of benzene rings is 3. The van der Waals surface area contributed by atoms with Crippen molar-refractivity contribution < 1.29 is 4.79 Å². The number of carbonyl (C=O) groups excluding carboxylic acids is 1. The third-order valence-electron chi connectivity index (χ3n) is 7.13. The van der Waals surface area contributed by atoms with Crippen molar-refractivity contribution in [2.75, 3.05) is 24.3 Å². The lowest BCUT2D eigenvalue weighted by Gasteiger charge is -2.31. The molecular weight excluding hydrogens is 458 g/mol. The standard InChI is InChI=1S/C31H35N5O/c1-36(2)28-21-29(34-27-16-10-9-15-26(27)28)32-24-17-19-25(20-18-24)33-31(37)35-30(22-11-5-3-6-12-22)23-13-7-4-8-14-23/h3-16,21,24-25,30H,17-20H2,1-2H3,(H,32,34)(H2,33,35,37)/t24-,25+. The highest BCUT2D eigenvalue weighted by atomic mass is 16.2. The summed E-state index contributed by atoms with van der Waals surface area (Å²) in [5.41, 5.74) is 4.29. The maximum atomic E-state index is 13.0. The Morgan fingerprint density at radius 2 is 1.38 bits per heavy atom. The van der Waals surface area contributed by atoms with Gasteiger partial charge in [-0.3, -0.25) is 0 Å². The number of aromatic nitrogens is 1. The number of pyridine rings is 1. The van der Waals surface area contributed by atoms with Crippen LogP contribution in [0.15, 0.2) is 91.0 Å². The van der Waals surface area contributed by atoms with Gasteiger partial charge in [0.15, 0.2) is 0 Å². The van der Waals surface area contributed by atoms with E-state index >= 15 is 0 Å². The zero-order valence-electron chi connectivity index (χ0n) is 21.5. The first-order valence-electron chi connectivity index (χ1n) is 13.1. The number of hydrogen-bond donors (Lipinski definition) is 3. The Labute approximate surface area is 219 Å². The number of nitrogens with zero attached hydrogens (tertiary/aromatic N) is 2. The van der Waals surface area contributed by atoms with E-state index in [1.165, 1.54) is 0 Å². The lowest BCUT2D eigenvalue weighted by molar-refractivity contribution is 0.229. The minimum Gasteiger partial charge on any atom is -0.377 e. The molecule has 4 aromatic rings. The van der Waals surface area contributed by atoms with E-state index in [0.29, 0.717) is 6.04 Å². The van der Waals surface area contributed by atoms with E-state index < -0.39 is 0 Å². The average molecular weight is 494 g/mol. The fraction of sp³-hybridized carbons (Fsp3) is 0.290. The van der Waals surface area contributed by atoms with E-state index in [0.717, 1.165) is 59.2 Å². The maximum absolute atomic E-state index is 13.0. The molecule has 0 radical (unpaired) electrons. The number of urea groups is 1. The van der Waals surface area contributed by atoms with Crippen LogP contribution in [-0.2, 0) is 0 Å². The van der Waals surface area contributed by atoms with Gasteiger partial charge in [0.1, 0.15) is 5.82 Å². The van der Waals surface area contributed by atoms with Gasteiger partial charge in [-0.1, -0.05) is 78.9 Å². The normalized spacial score (nSPS) is 17.4. The number of carbonyl (C=O) groups is 1. The van der Waals surface area contributed by atoms with Crippen LogP contribution in [0.1, 0.15) is 42.9 Å². The first-order valence-corrected chi connectivity index (χ1v) is 13.1. The van der Waals surface area contributed by atoms with Crippen LogP contribution in [0.25, 0.3) is 10.9 Å². The molecule has 0 unspecified atom stereocenters. The highest BCUT2D eigenvalue weighted by Gasteiger charge is 2.24. The number of hydrogen-bond acceptors (Lipinski definition) is 4. The molecule has 0 spiro atoms. The predicted molar refractivity (Wildman–Crippen MR) is 152 cm³/mol. The molecule has 1 fully saturated rings. The molecule has 3 N–H and O–H groups in total. The third-order valence-corrected chi connectivity index (χ3v) is 7.13. The summed E-state index contributed by atoms with van der Waals surface area (Å²) in [6, 6.07) is 30.8. The molecule has 1 heterocycles. The Hall–Kier alpha value is -4.06. The molecule has 5 rings (SSSR count). The second-order valence-electron chi connectivity index (χ2n) is 10.0. The average Bonchev–Trinajstić information content (AvgIpc) is 2.93. The first-order chi connectivity index (χ1) is 18.1. The molecule has 1 aromatic heterocycles. The molecule has 2 amide bonds. The lowest BCUT2D eigenvalue weighted by atomic mass is 9.91. The Bertz CT molecular complexity index is 1280. The van der Waals surface area contributed by atoms with Gasteiger partial charge in [0.2, 0.25) is 0 Å². The zero-order valence-corrected chi connectivity index (χ0v) is 21.5. The van der Waals surface area contributed by atoms with Crippen molar-refractivity contribution in [1.29, 1.82) is 0 Å². The van der Waals surface area contributed by atoms with Crippen LogP contribution in [0.4, 0.5) is 16.3 Å². The Morgan fingerprint density at radius 1 is 0.811 bits per heavy atom. The van der Waals surface area contributed by atoms with Gasteiger partial charge in [-0.05, 0) is 42.9 Å². The van der Waals surface area contributed by atoms with Crippen LogP contribution < -0.4 is 20.9 Å². The fourth-order valence-electron chi connectivity index (χ4n) is 5.20. The largest absolute Gasteiger partial charge is 0.377 e. The summed E-state index contributed by atoms with van der Waals surface area (Å²) in [5, 5.41) is 11.2. The molecule has 0 saturated heterocycles. The number of amides is 2. The van der Waals surface area contributed by atoms with Crippen LogP contribution in [0.5, 0.6) is 0 Å². The highest BCUT2D eigenvalue weighted by Crippen LogP contribution is 2.29. The van der Waals surface area contributed by atoms with Crippen molar-refractivity contribution in [3.8, 4) is 0 Å². The van der Waals surface area contributed by atoms with Crippen molar-refractivity contribution in [3.05, 3.63) is 102 Å². The van der Waals surface area contributed by atoms with E-state index in [4.69, 9.17) is 4.98 Å². The number of para-hydroxylation sites is 1. The van der Waals surface area contributed by atoms with E-state index in [1.54, 1.807) is 0 Å². The van der Waals surface area contributed by atoms with Crippen molar-refractivity contribution in [3.63, 3.8) is 0 Å². The SMILES string of the molecule is CN(C)c1cc(N[C@H]2CC[C@@H](NC(=O)NC(c3ccccc3)c3ccccc3)CC2)nc2ccccc12. The fourth-order valence-corrected chi connectivity index (χ4v) is 5.20. The van der Waals surface area contributed by atoms with Crippen LogP contribution in [0.3, 0.4) is 0 Å². The minimum atomic E-state index is -0.190. The minimum absolute atomic E-state index is 0.124. The van der Waals surface area contributed by atoms with Gasteiger partial charge in [-0.2, -0.15) is 0 Å². The molecule has 37 heavy (non-hydrogen) atoms. The summed E-state index contributed by atoms with van der Waals surface area (Å²) in [5.74, 6) is 0.908. The summed E-state index contributed by atoms with van der Waals surface area (Å²) < 4.78 is 0. The number of nitrogens with one attached hydrogen (secondary N) is 3. The molecule has 6 heteroatoms. The first kappa shape index (κ1) is 24.6. The molecule has 1 saturated carbocycles. The van der Waals surface area contributed by atoms with E-state index in [-0.39, 0.29) is 18.1 Å². The molecule has 0 atom stereocenters. The van der Waals surface area contributed by atoms with E-state index in [1.807, 2.05) is 42.5 Å². The third kappa shape index (κ3) is 6.02. The van der Waals surface area contributed by atoms with Crippen molar-refractivity contribution in [2.45, 2.75) is 43.8 Å². The Kier molecular flexibility index (Phi) is 7.54. The van der Waals surface area contributed by atoms with Crippen molar-refractivity contribution >= 4 is 28.4 Å². The monoisotopic (exact) mass is 493 g/mol. The predicted octanol–water partition coefficient (Wildman–Crippen LogP) is 6.11. The summed E-state index contributed by atoms with van der Waals surface area (Å²) in [6.45, 7) is 0. The van der Waals surface area contributed by atoms with Gasteiger partial charge in [-0.15, -0.1) is 0 Å². The summed E-state index contributed by atoms with van der Waals surface area (Å²) in [7, 11) is 4.13. The van der Waals surface area contributed by atoms with Crippen LogP contribution in [-0.4, -0.2) is 37.2 Å². The van der Waals surface area contributed by atoms with E-state index in [9.17, 15) is 4.79 Å². The summed E-state index contributed by atoms with van der Waals surface area (Å²) in [6.07, 6.45) is 3.83. The van der Waals surface area contributed by atoms with Gasteiger partial charge in [-0.25, -0.2) is 9.78 Å². The lowest BCUT2D eigenvalue weighted by Crippen LogP contribution is -2.46. The van der Waals surface area contributed by atoms with Crippen LogP contribution in [0, 0.1) is 0 Å². The smallest absolute Gasteiger partial charge is 0.315 e. The van der Waals surface area contributed by atoms with Gasteiger partial charge in [0, 0.05) is 43.3 Å².